The van der Waals surface area contributed by atoms with Gasteiger partial charge < -0.3 is 11.1 Å². The number of halogens is 6. The lowest BCUT2D eigenvalue weighted by atomic mass is 10.0. The van der Waals surface area contributed by atoms with Crippen molar-refractivity contribution in [2.75, 3.05) is 5.32 Å². The number of hydrogen-bond acceptors (Lipinski definition) is 2. The van der Waals surface area contributed by atoms with Gasteiger partial charge in [-0.1, -0.05) is 42.5 Å². The molecule has 0 aliphatic heterocycles. The summed E-state index contributed by atoms with van der Waals surface area (Å²) in [5, 5.41) is 3.05. The molecule has 0 saturated heterocycles. The highest BCUT2D eigenvalue weighted by atomic mass is 35.5. The zero-order valence-corrected chi connectivity index (χ0v) is 13.2. The van der Waals surface area contributed by atoms with Gasteiger partial charge in [0, 0.05) is 12.2 Å². The monoisotopic (exact) mass is 366 g/mol. The lowest BCUT2D eigenvalue weighted by molar-refractivity contribution is -0.291. The van der Waals surface area contributed by atoms with Crippen LogP contribution < -0.4 is 11.1 Å². The van der Waals surface area contributed by atoms with E-state index in [0.29, 0.717) is 12.2 Å². The maximum atomic E-state index is 13.2. The van der Waals surface area contributed by atoms with Crippen LogP contribution >= 0.6 is 12.4 Å². The van der Waals surface area contributed by atoms with Crippen LogP contribution in [0.2, 0.25) is 0 Å². The van der Waals surface area contributed by atoms with Crippen molar-refractivity contribution in [3.8, 4) is 0 Å². The molecule has 0 aromatic heterocycles. The Labute approximate surface area is 142 Å². The summed E-state index contributed by atoms with van der Waals surface area (Å²) in [5.41, 5.74) is 6.41. The minimum Gasteiger partial charge on any atom is -0.381 e. The Hall–Kier alpha value is -1.86. The fraction of sp³-hybridized carbons (Fsp3) is 0.250. The summed E-state index contributed by atoms with van der Waals surface area (Å²) in [6, 6.07) is 12.2. The van der Waals surface area contributed by atoms with Gasteiger partial charge in [-0.2, -0.15) is 22.0 Å². The zero-order chi connectivity index (χ0) is 17.1. The molecule has 3 N–H and O–H groups in total. The van der Waals surface area contributed by atoms with Crippen molar-refractivity contribution < 1.29 is 22.0 Å². The molecule has 0 heterocycles. The van der Waals surface area contributed by atoms with Gasteiger partial charge in [-0.3, -0.25) is 0 Å². The van der Waals surface area contributed by atoms with Crippen molar-refractivity contribution in [1.82, 2.24) is 0 Å². The Morgan fingerprint density at radius 3 is 1.92 bits per heavy atom. The van der Waals surface area contributed by atoms with E-state index >= 15 is 0 Å². The van der Waals surface area contributed by atoms with Crippen LogP contribution in [0.3, 0.4) is 0 Å². The molecule has 0 spiro atoms. The predicted molar refractivity (Wildman–Crippen MR) is 85.4 cm³/mol. The highest BCUT2D eigenvalue weighted by molar-refractivity contribution is 5.85. The molecule has 0 unspecified atom stereocenters. The van der Waals surface area contributed by atoms with Gasteiger partial charge >= 0.3 is 12.1 Å². The number of alkyl halides is 5. The zero-order valence-electron chi connectivity index (χ0n) is 12.4. The Kier molecular flexibility index (Phi) is 6.57. The average molecular weight is 367 g/mol. The van der Waals surface area contributed by atoms with Crippen molar-refractivity contribution >= 4 is 18.1 Å². The van der Waals surface area contributed by atoms with E-state index in [9.17, 15) is 22.0 Å². The van der Waals surface area contributed by atoms with E-state index in [1.165, 1.54) is 12.1 Å². The van der Waals surface area contributed by atoms with Gasteiger partial charge in [-0.15, -0.1) is 12.4 Å². The molecule has 2 rings (SSSR count). The predicted octanol–water partition coefficient (Wildman–Crippen LogP) is 4.92. The molecule has 0 radical (unpaired) electrons. The smallest absolute Gasteiger partial charge is 0.381 e. The third-order valence-corrected chi connectivity index (χ3v) is 3.38. The molecular weight excluding hydrogens is 351 g/mol. The molecule has 2 aromatic carbocycles. The van der Waals surface area contributed by atoms with Crippen molar-refractivity contribution in [3.63, 3.8) is 0 Å². The minimum atomic E-state index is -5.68. The minimum absolute atomic E-state index is 0. The first-order valence-corrected chi connectivity index (χ1v) is 6.79. The standard InChI is InChI=1S/C16H15F5N2.ClH/c17-15(18,16(19,20)21)14(22)12-6-8-13(9-7-12)23-10-11-4-2-1-3-5-11;/h1-9,14,23H,10,22H2;1H/t14-;/m0./s1. The molecule has 2 aromatic rings. The SMILES string of the molecule is Cl.N[C@@H](c1ccc(NCc2ccccc2)cc1)C(F)(F)C(F)(F)F. The van der Waals surface area contributed by atoms with Crippen LogP contribution in [0.25, 0.3) is 0 Å². The van der Waals surface area contributed by atoms with Crippen molar-refractivity contribution in [1.29, 1.82) is 0 Å². The fourth-order valence-electron chi connectivity index (χ4n) is 1.99. The van der Waals surface area contributed by atoms with Crippen LogP contribution in [0.1, 0.15) is 17.2 Å². The van der Waals surface area contributed by atoms with Crippen LogP contribution in [0, 0.1) is 0 Å². The lowest BCUT2D eigenvalue weighted by Crippen LogP contribution is -2.45. The molecule has 2 nitrogen and oxygen atoms in total. The quantitative estimate of drug-likeness (QED) is 0.737. The van der Waals surface area contributed by atoms with E-state index in [-0.39, 0.29) is 18.0 Å². The normalized spacial score (nSPS) is 13.1. The molecule has 24 heavy (non-hydrogen) atoms. The summed E-state index contributed by atoms with van der Waals surface area (Å²) < 4.78 is 63.4. The summed E-state index contributed by atoms with van der Waals surface area (Å²) in [5.74, 6) is -4.98. The van der Waals surface area contributed by atoms with Crippen molar-refractivity contribution in [2.24, 2.45) is 5.73 Å². The van der Waals surface area contributed by atoms with Gasteiger partial charge in [0.15, 0.2) is 0 Å². The Morgan fingerprint density at radius 1 is 0.875 bits per heavy atom. The first-order valence-electron chi connectivity index (χ1n) is 6.79. The van der Waals surface area contributed by atoms with E-state index in [4.69, 9.17) is 5.73 Å². The average Bonchev–Trinajstić information content (AvgIpc) is 2.52. The van der Waals surface area contributed by atoms with E-state index < -0.39 is 18.1 Å². The Balaban J connectivity index is 0.00000288. The number of hydrogen-bond donors (Lipinski definition) is 2. The van der Waals surface area contributed by atoms with Crippen LogP contribution in [-0.4, -0.2) is 12.1 Å². The Morgan fingerprint density at radius 2 is 1.42 bits per heavy atom. The lowest BCUT2D eigenvalue weighted by Gasteiger charge is -2.26. The topological polar surface area (TPSA) is 38.0 Å². The molecular formula is C16H16ClF5N2. The van der Waals surface area contributed by atoms with Crippen LogP contribution in [0.15, 0.2) is 54.6 Å². The number of benzene rings is 2. The van der Waals surface area contributed by atoms with Gasteiger partial charge in [-0.25, -0.2) is 0 Å². The molecule has 0 aliphatic rings. The van der Waals surface area contributed by atoms with Crippen molar-refractivity contribution in [2.45, 2.75) is 24.7 Å². The maximum absolute atomic E-state index is 13.2. The molecule has 0 amide bonds. The van der Waals surface area contributed by atoms with Crippen LogP contribution in [-0.2, 0) is 6.54 Å². The third-order valence-electron chi connectivity index (χ3n) is 3.38. The van der Waals surface area contributed by atoms with Gasteiger partial charge in [0.25, 0.3) is 0 Å². The molecule has 0 bridgehead atoms. The van der Waals surface area contributed by atoms with E-state index in [1.54, 1.807) is 0 Å². The second kappa shape index (κ2) is 7.81. The molecule has 0 saturated carbocycles. The maximum Gasteiger partial charge on any atom is 0.455 e. The fourth-order valence-corrected chi connectivity index (χ4v) is 1.99. The number of nitrogens with one attached hydrogen (secondary N) is 1. The largest absolute Gasteiger partial charge is 0.455 e. The molecule has 1 atom stereocenters. The first kappa shape index (κ1) is 20.2. The van der Waals surface area contributed by atoms with E-state index in [0.717, 1.165) is 17.7 Å². The van der Waals surface area contributed by atoms with E-state index in [1.807, 2.05) is 30.3 Å². The highest BCUT2D eigenvalue weighted by Gasteiger charge is 2.61. The highest BCUT2D eigenvalue weighted by Crippen LogP contribution is 2.43. The van der Waals surface area contributed by atoms with Crippen molar-refractivity contribution in [3.05, 3.63) is 65.7 Å². The van der Waals surface area contributed by atoms with Gasteiger partial charge in [0.05, 0.1) is 0 Å². The molecule has 0 aliphatic carbocycles. The summed E-state index contributed by atoms with van der Waals surface area (Å²) in [7, 11) is 0. The summed E-state index contributed by atoms with van der Waals surface area (Å²) >= 11 is 0. The second-order valence-electron chi connectivity index (χ2n) is 5.06. The second-order valence-corrected chi connectivity index (χ2v) is 5.06. The van der Waals surface area contributed by atoms with Crippen LogP contribution in [0.4, 0.5) is 27.6 Å². The van der Waals surface area contributed by atoms with Gasteiger partial charge in [0.2, 0.25) is 0 Å². The molecule has 0 fully saturated rings. The summed E-state index contributed by atoms with van der Waals surface area (Å²) in [4.78, 5) is 0. The molecule has 8 heteroatoms. The van der Waals surface area contributed by atoms with Gasteiger partial charge in [-0.05, 0) is 23.3 Å². The first-order chi connectivity index (χ1) is 10.7. The third kappa shape index (κ3) is 4.58. The number of rotatable bonds is 5. The van der Waals surface area contributed by atoms with Crippen LogP contribution in [0.5, 0.6) is 0 Å². The van der Waals surface area contributed by atoms with E-state index in [2.05, 4.69) is 5.32 Å². The summed E-state index contributed by atoms with van der Waals surface area (Å²) in [6.45, 7) is 0.505. The Bertz CT molecular complexity index is 629. The number of nitrogens with two attached hydrogens (primary N) is 1. The molecule has 132 valence electrons. The van der Waals surface area contributed by atoms with Gasteiger partial charge in [0.1, 0.15) is 6.04 Å². The summed E-state index contributed by atoms with van der Waals surface area (Å²) in [6.07, 6.45) is -5.68. The number of anilines is 1.